The summed E-state index contributed by atoms with van der Waals surface area (Å²) in [6, 6.07) is 2.52. The van der Waals surface area contributed by atoms with Crippen molar-refractivity contribution in [1.29, 1.82) is 0 Å². The van der Waals surface area contributed by atoms with Gasteiger partial charge in [0.1, 0.15) is 4.90 Å². The van der Waals surface area contributed by atoms with Gasteiger partial charge in [0.2, 0.25) is 10.0 Å². The predicted octanol–water partition coefficient (Wildman–Crippen LogP) is 1.11. The molecule has 0 aromatic heterocycles. The number of nitrogens with zero attached hydrogens (tertiary/aromatic N) is 1. The molecular weight excluding hydrogens is 386 g/mol. The van der Waals surface area contributed by atoms with Gasteiger partial charge in [-0.3, -0.25) is 10.1 Å². The van der Waals surface area contributed by atoms with Gasteiger partial charge in [0.25, 0.3) is 5.91 Å². The lowest BCUT2D eigenvalue weighted by atomic mass is 10.2. The zero-order valence-electron chi connectivity index (χ0n) is 14.5. The van der Waals surface area contributed by atoms with Gasteiger partial charge in [0.05, 0.1) is 10.6 Å². The van der Waals surface area contributed by atoms with Gasteiger partial charge in [0, 0.05) is 13.1 Å². The number of sulfonamides is 1. The van der Waals surface area contributed by atoms with Crippen LogP contribution in [0.3, 0.4) is 0 Å². The summed E-state index contributed by atoms with van der Waals surface area (Å²) in [4.78, 5) is 34.1. The SMILES string of the molecule is CCN(CC)S(=O)(=O)c1cc(C(=O)OC(C)C(=O)NC(N)=O)ccc1Cl. The number of hydrogen-bond acceptors (Lipinski definition) is 6. The first kappa shape index (κ1) is 21.9. The molecule has 0 aliphatic carbocycles. The average Bonchev–Trinajstić information content (AvgIpc) is 2.55. The van der Waals surface area contributed by atoms with E-state index in [2.05, 4.69) is 0 Å². The van der Waals surface area contributed by atoms with Crippen LogP contribution in [0.5, 0.6) is 0 Å². The van der Waals surface area contributed by atoms with Crippen LogP contribution in [0.2, 0.25) is 5.02 Å². The van der Waals surface area contributed by atoms with Crippen LogP contribution in [0.15, 0.2) is 23.1 Å². The minimum absolute atomic E-state index is 0.0482. The van der Waals surface area contributed by atoms with Gasteiger partial charge in [-0.05, 0) is 25.1 Å². The van der Waals surface area contributed by atoms with E-state index in [1.165, 1.54) is 23.4 Å². The van der Waals surface area contributed by atoms with Crippen molar-refractivity contribution in [2.75, 3.05) is 13.1 Å². The van der Waals surface area contributed by atoms with Gasteiger partial charge in [-0.2, -0.15) is 4.31 Å². The number of ether oxygens (including phenoxy) is 1. The van der Waals surface area contributed by atoms with Crippen molar-refractivity contribution in [2.24, 2.45) is 5.73 Å². The number of esters is 1. The molecule has 0 saturated carbocycles. The second-order valence-electron chi connectivity index (χ2n) is 5.14. The summed E-state index contributed by atoms with van der Waals surface area (Å²) in [7, 11) is -3.90. The maximum atomic E-state index is 12.6. The van der Waals surface area contributed by atoms with Crippen molar-refractivity contribution < 1.29 is 27.5 Å². The molecule has 0 spiro atoms. The van der Waals surface area contributed by atoms with Gasteiger partial charge in [-0.1, -0.05) is 25.4 Å². The lowest BCUT2D eigenvalue weighted by Gasteiger charge is -2.19. The highest BCUT2D eigenvalue weighted by Gasteiger charge is 2.27. The van der Waals surface area contributed by atoms with Crippen LogP contribution in [0.4, 0.5) is 4.79 Å². The Morgan fingerprint density at radius 2 is 1.85 bits per heavy atom. The highest BCUT2D eigenvalue weighted by Crippen LogP contribution is 2.26. The quantitative estimate of drug-likeness (QED) is 0.652. The summed E-state index contributed by atoms with van der Waals surface area (Å²) >= 11 is 5.98. The van der Waals surface area contributed by atoms with Crippen LogP contribution in [0, 0.1) is 0 Å². The average molecular weight is 406 g/mol. The van der Waals surface area contributed by atoms with E-state index in [0.717, 1.165) is 6.07 Å². The Kier molecular flexibility index (Phi) is 7.54. The number of carbonyl (C=O) groups excluding carboxylic acids is 3. The van der Waals surface area contributed by atoms with Crippen molar-refractivity contribution in [2.45, 2.75) is 31.8 Å². The van der Waals surface area contributed by atoms with Crippen LogP contribution in [-0.2, 0) is 19.6 Å². The predicted molar refractivity (Wildman–Crippen MR) is 94.2 cm³/mol. The first-order valence-electron chi connectivity index (χ1n) is 7.65. The Morgan fingerprint density at radius 1 is 1.27 bits per heavy atom. The van der Waals surface area contributed by atoms with E-state index in [0.29, 0.717) is 0 Å². The summed E-state index contributed by atoms with van der Waals surface area (Å²) in [5, 5.41) is 1.73. The Morgan fingerprint density at radius 3 is 2.35 bits per heavy atom. The van der Waals surface area contributed by atoms with Crippen molar-refractivity contribution in [1.82, 2.24) is 9.62 Å². The molecule has 11 heteroatoms. The largest absolute Gasteiger partial charge is 0.449 e. The molecule has 0 saturated heterocycles. The number of nitrogens with two attached hydrogens (primary N) is 1. The number of amides is 3. The van der Waals surface area contributed by atoms with Gasteiger partial charge < -0.3 is 10.5 Å². The molecule has 26 heavy (non-hydrogen) atoms. The maximum Gasteiger partial charge on any atom is 0.338 e. The molecule has 3 amide bonds. The molecule has 1 aromatic carbocycles. The Hall–Kier alpha value is -2.17. The summed E-state index contributed by atoms with van der Waals surface area (Å²) in [6.07, 6.45) is -1.31. The first-order valence-corrected chi connectivity index (χ1v) is 9.47. The smallest absolute Gasteiger partial charge is 0.338 e. The van der Waals surface area contributed by atoms with Gasteiger partial charge in [0.15, 0.2) is 6.10 Å². The molecule has 0 radical (unpaired) electrons. The minimum Gasteiger partial charge on any atom is -0.449 e. The summed E-state index contributed by atoms with van der Waals surface area (Å²) in [5.41, 5.74) is 4.70. The fraction of sp³-hybridized carbons (Fsp3) is 0.400. The molecule has 0 aliphatic rings. The number of primary amides is 1. The Balaban J connectivity index is 3.11. The van der Waals surface area contributed by atoms with Gasteiger partial charge >= 0.3 is 12.0 Å². The third-order valence-electron chi connectivity index (χ3n) is 3.39. The molecule has 1 atom stereocenters. The van der Waals surface area contributed by atoms with E-state index in [9.17, 15) is 22.8 Å². The lowest BCUT2D eigenvalue weighted by molar-refractivity contribution is -0.127. The molecule has 1 rings (SSSR count). The molecule has 1 unspecified atom stereocenters. The number of rotatable bonds is 7. The second kappa shape index (κ2) is 8.97. The second-order valence-corrected chi connectivity index (χ2v) is 7.45. The first-order chi connectivity index (χ1) is 12.0. The molecule has 0 aliphatic heterocycles. The molecule has 0 fully saturated rings. The van der Waals surface area contributed by atoms with E-state index in [4.69, 9.17) is 22.1 Å². The highest BCUT2D eigenvalue weighted by atomic mass is 35.5. The number of halogens is 1. The van der Waals surface area contributed by atoms with Crippen LogP contribution >= 0.6 is 11.6 Å². The number of imide groups is 1. The molecule has 144 valence electrons. The van der Waals surface area contributed by atoms with Crippen LogP contribution in [0.25, 0.3) is 0 Å². The summed E-state index contributed by atoms with van der Waals surface area (Å²) < 4.78 is 31.3. The summed E-state index contributed by atoms with van der Waals surface area (Å²) in [5.74, 6) is -1.86. The minimum atomic E-state index is -3.90. The van der Waals surface area contributed by atoms with E-state index in [1.807, 2.05) is 0 Å². The zero-order chi connectivity index (χ0) is 20.1. The maximum absolute atomic E-state index is 12.6. The van der Waals surface area contributed by atoms with Gasteiger partial charge in [-0.15, -0.1) is 0 Å². The van der Waals surface area contributed by atoms with E-state index in [-0.39, 0.29) is 28.6 Å². The van der Waals surface area contributed by atoms with Crippen molar-refractivity contribution in [3.8, 4) is 0 Å². The van der Waals surface area contributed by atoms with Crippen molar-refractivity contribution >= 4 is 39.5 Å². The molecular formula is C15H20ClN3O6S. The number of urea groups is 1. The number of carbonyl (C=O) groups is 3. The van der Waals surface area contributed by atoms with Crippen molar-refractivity contribution in [3.63, 3.8) is 0 Å². The fourth-order valence-electron chi connectivity index (χ4n) is 2.04. The van der Waals surface area contributed by atoms with Crippen LogP contribution in [0.1, 0.15) is 31.1 Å². The lowest BCUT2D eigenvalue weighted by Crippen LogP contribution is -2.42. The Bertz CT molecular complexity index is 808. The number of nitrogens with one attached hydrogen (secondary N) is 1. The molecule has 3 N–H and O–H groups in total. The van der Waals surface area contributed by atoms with Crippen LogP contribution < -0.4 is 11.1 Å². The third kappa shape index (κ3) is 5.16. The number of hydrogen-bond donors (Lipinski definition) is 2. The topological polar surface area (TPSA) is 136 Å². The van der Waals surface area contributed by atoms with E-state index < -0.39 is 34.0 Å². The normalized spacial score (nSPS) is 12.5. The Labute approximate surface area is 156 Å². The molecule has 0 heterocycles. The van der Waals surface area contributed by atoms with E-state index in [1.54, 1.807) is 19.2 Å². The molecule has 9 nitrogen and oxygen atoms in total. The standard InChI is InChI=1S/C15H20ClN3O6S/c1-4-19(5-2)26(23,24)12-8-10(6-7-11(12)16)14(21)25-9(3)13(20)18-15(17)22/h6-9H,4-5H2,1-3H3,(H3,17,18,20,22). The zero-order valence-corrected chi connectivity index (χ0v) is 16.1. The van der Waals surface area contributed by atoms with E-state index >= 15 is 0 Å². The molecule has 0 bridgehead atoms. The van der Waals surface area contributed by atoms with Gasteiger partial charge in [-0.25, -0.2) is 18.0 Å². The fourth-order valence-corrected chi connectivity index (χ4v) is 3.99. The summed E-state index contributed by atoms with van der Waals surface area (Å²) in [6.45, 7) is 5.04. The molecule has 1 aromatic rings. The van der Waals surface area contributed by atoms with Crippen LogP contribution in [-0.4, -0.2) is 49.8 Å². The van der Waals surface area contributed by atoms with Crippen molar-refractivity contribution in [3.05, 3.63) is 28.8 Å². The monoisotopic (exact) mass is 405 g/mol. The highest BCUT2D eigenvalue weighted by molar-refractivity contribution is 7.89. The number of benzene rings is 1. The third-order valence-corrected chi connectivity index (χ3v) is 5.92.